The highest BCUT2D eigenvalue weighted by Gasteiger charge is 2.27. The van der Waals surface area contributed by atoms with Crippen molar-refractivity contribution < 1.29 is 0 Å². The number of aromatic nitrogens is 3. The molecule has 1 heterocycles. The van der Waals surface area contributed by atoms with Gasteiger partial charge in [0.15, 0.2) is 5.82 Å². The van der Waals surface area contributed by atoms with Crippen molar-refractivity contribution in [3.63, 3.8) is 0 Å². The number of para-hydroxylation sites is 1. The zero-order chi connectivity index (χ0) is 11.1. The highest BCUT2D eigenvalue weighted by molar-refractivity contribution is 9.10. The molecule has 1 aliphatic carbocycles. The van der Waals surface area contributed by atoms with Gasteiger partial charge in [-0.25, -0.2) is 0 Å². The van der Waals surface area contributed by atoms with E-state index >= 15 is 0 Å². The molecule has 0 radical (unpaired) electrons. The van der Waals surface area contributed by atoms with Crippen LogP contribution < -0.4 is 5.73 Å². The first kappa shape index (κ1) is 9.84. The molecule has 0 bridgehead atoms. The van der Waals surface area contributed by atoms with Crippen LogP contribution in [0.5, 0.6) is 0 Å². The molecule has 4 nitrogen and oxygen atoms in total. The fourth-order valence-electron chi connectivity index (χ4n) is 1.79. The summed E-state index contributed by atoms with van der Waals surface area (Å²) >= 11 is 3.43. The smallest absolute Gasteiger partial charge is 0.166 e. The highest BCUT2D eigenvalue weighted by atomic mass is 79.9. The normalized spacial score (nSPS) is 15.3. The molecule has 3 rings (SSSR count). The average molecular weight is 279 g/mol. The van der Waals surface area contributed by atoms with Crippen molar-refractivity contribution in [2.24, 2.45) is 0 Å². The lowest BCUT2D eigenvalue weighted by Gasteiger charge is -2.08. The Morgan fingerprint density at radius 3 is 2.94 bits per heavy atom. The van der Waals surface area contributed by atoms with Gasteiger partial charge in [-0.05, 0) is 40.9 Å². The van der Waals surface area contributed by atoms with E-state index in [1.807, 2.05) is 18.2 Å². The predicted octanol–water partition coefficient (Wildman–Crippen LogP) is 2.62. The average Bonchev–Trinajstić information content (AvgIpc) is 3.01. The minimum absolute atomic E-state index is 0.559. The van der Waals surface area contributed by atoms with Crippen molar-refractivity contribution in [1.29, 1.82) is 0 Å². The van der Waals surface area contributed by atoms with Crippen LogP contribution in [0.15, 0.2) is 29.0 Å². The monoisotopic (exact) mass is 278 g/mol. The topological polar surface area (TPSA) is 56.7 Å². The molecule has 1 saturated carbocycles. The molecule has 16 heavy (non-hydrogen) atoms. The molecule has 0 aliphatic heterocycles. The van der Waals surface area contributed by atoms with Crippen molar-refractivity contribution >= 4 is 21.6 Å². The molecule has 1 aliphatic rings. The zero-order valence-corrected chi connectivity index (χ0v) is 10.2. The summed E-state index contributed by atoms with van der Waals surface area (Å²) in [6.45, 7) is 0. The maximum atomic E-state index is 6.04. The number of hydrogen-bond donors (Lipinski definition) is 1. The molecule has 2 aromatic rings. The fraction of sp³-hybridized carbons (Fsp3) is 0.273. The summed E-state index contributed by atoms with van der Waals surface area (Å²) in [5, 5.41) is 8.13. The van der Waals surface area contributed by atoms with Crippen LogP contribution in [0.1, 0.15) is 18.9 Å². The molecule has 1 aromatic heterocycles. The number of anilines is 1. The van der Waals surface area contributed by atoms with Gasteiger partial charge in [-0.15, -0.1) is 10.2 Å². The minimum atomic E-state index is 0.559. The Morgan fingerprint density at radius 2 is 2.19 bits per heavy atom. The van der Waals surface area contributed by atoms with Crippen molar-refractivity contribution in [3.8, 4) is 11.4 Å². The molecule has 1 fully saturated rings. The molecule has 0 saturated heterocycles. The summed E-state index contributed by atoms with van der Waals surface area (Å²) in [6, 6.07) is 6.42. The Bertz CT molecular complexity index is 531. The largest absolute Gasteiger partial charge is 0.397 e. The molecule has 1 aromatic carbocycles. The van der Waals surface area contributed by atoms with Crippen LogP contribution in [0.2, 0.25) is 0 Å². The van der Waals surface area contributed by atoms with Crippen LogP contribution >= 0.6 is 15.9 Å². The van der Waals surface area contributed by atoms with Gasteiger partial charge in [0.25, 0.3) is 0 Å². The van der Waals surface area contributed by atoms with E-state index in [1.165, 1.54) is 12.8 Å². The lowest BCUT2D eigenvalue weighted by molar-refractivity contribution is 0.746. The second kappa shape index (κ2) is 3.59. The third-order valence-corrected chi connectivity index (χ3v) is 3.50. The van der Waals surface area contributed by atoms with Gasteiger partial charge in [0.1, 0.15) is 6.33 Å². The fourth-order valence-corrected chi connectivity index (χ4v) is 2.15. The molecule has 5 heteroatoms. The van der Waals surface area contributed by atoms with Gasteiger partial charge in [-0.2, -0.15) is 0 Å². The first-order valence-corrected chi connectivity index (χ1v) is 6.00. The summed E-state index contributed by atoms with van der Waals surface area (Å²) in [4.78, 5) is 0. The van der Waals surface area contributed by atoms with E-state index in [0.29, 0.717) is 6.04 Å². The minimum Gasteiger partial charge on any atom is -0.397 e. The van der Waals surface area contributed by atoms with Crippen LogP contribution in [-0.4, -0.2) is 14.8 Å². The lowest BCUT2D eigenvalue weighted by Crippen LogP contribution is -1.99. The maximum Gasteiger partial charge on any atom is 0.166 e. The molecule has 2 N–H and O–H groups in total. The summed E-state index contributed by atoms with van der Waals surface area (Å²) in [5.41, 5.74) is 7.70. The van der Waals surface area contributed by atoms with E-state index < -0.39 is 0 Å². The molecular formula is C11H11BrN4. The summed E-state index contributed by atoms with van der Waals surface area (Å²) in [7, 11) is 0. The van der Waals surface area contributed by atoms with Crippen LogP contribution in [0, 0.1) is 0 Å². The standard InChI is InChI=1S/C11H11BrN4/c12-9-3-1-2-8(10(9)13)11-15-14-6-16(11)7-4-5-7/h1-3,6-7H,4-5,13H2. The van der Waals surface area contributed by atoms with Gasteiger partial charge < -0.3 is 10.3 Å². The predicted molar refractivity (Wildman–Crippen MR) is 65.8 cm³/mol. The Kier molecular flexibility index (Phi) is 2.21. The number of nitrogens with two attached hydrogens (primary N) is 1. The van der Waals surface area contributed by atoms with Gasteiger partial charge in [0.05, 0.1) is 5.69 Å². The molecule has 0 atom stereocenters. The van der Waals surface area contributed by atoms with Gasteiger partial charge >= 0.3 is 0 Å². The van der Waals surface area contributed by atoms with Crippen molar-refractivity contribution in [3.05, 3.63) is 29.0 Å². The summed E-state index contributed by atoms with van der Waals surface area (Å²) < 4.78 is 3.01. The van der Waals surface area contributed by atoms with Crippen LogP contribution in [0.25, 0.3) is 11.4 Å². The molecular weight excluding hydrogens is 268 g/mol. The molecule has 0 spiro atoms. The highest BCUT2D eigenvalue weighted by Crippen LogP contribution is 2.39. The van der Waals surface area contributed by atoms with Crippen LogP contribution in [0.4, 0.5) is 5.69 Å². The van der Waals surface area contributed by atoms with E-state index in [2.05, 4.69) is 30.7 Å². The number of halogens is 1. The van der Waals surface area contributed by atoms with Gasteiger partial charge in [-0.1, -0.05) is 6.07 Å². The van der Waals surface area contributed by atoms with Gasteiger partial charge in [0.2, 0.25) is 0 Å². The number of hydrogen-bond acceptors (Lipinski definition) is 3. The molecule has 0 unspecified atom stereocenters. The zero-order valence-electron chi connectivity index (χ0n) is 8.60. The number of nitrogens with zero attached hydrogens (tertiary/aromatic N) is 3. The van der Waals surface area contributed by atoms with E-state index in [1.54, 1.807) is 6.33 Å². The number of nitrogen functional groups attached to an aromatic ring is 1. The SMILES string of the molecule is Nc1c(Br)cccc1-c1nncn1C1CC1. The Labute approximate surface area is 102 Å². The molecule has 82 valence electrons. The van der Waals surface area contributed by atoms with Gasteiger partial charge in [0, 0.05) is 16.1 Å². The summed E-state index contributed by atoms with van der Waals surface area (Å²) in [5.74, 6) is 0.862. The summed E-state index contributed by atoms with van der Waals surface area (Å²) in [6.07, 6.45) is 4.20. The quantitative estimate of drug-likeness (QED) is 0.860. The van der Waals surface area contributed by atoms with Crippen molar-refractivity contribution in [1.82, 2.24) is 14.8 Å². The Morgan fingerprint density at radius 1 is 1.38 bits per heavy atom. The van der Waals surface area contributed by atoms with Crippen LogP contribution in [0.3, 0.4) is 0 Å². The van der Waals surface area contributed by atoms with E-state index in [0.717, 1.165) is 21.5 Å². The van der Waals surface area contributed by atoms with E-state index in [-0.39, 0.29) is 0 Å². The first-order chi connectivity index (χ1) is 7.77. The van der Waals surface area contributed by atoms with Crippen molar-refractivity contribution in [2.75, 3.05) is 5.73 Å². The van der Waals surface area contributed by atoms with E-state index in [9.17, 15) is 0 Å². The number of benzene rings is 1. The third kappa shape index (κ3) is 1.51. The first-order valence-electron chi connectivity index (χ1n) is 5.21. The Balaban J connectivity index is 2.14. The Hall–Kier alpha value is -1.36. The van der Waals surface area contributed by atoms with E-state index in [4.69, 9.17) is 5.73 Å². The lowest BCUT2D eigenvalue weighted by atomic mass is 10.1. The van der Waals surface area contributed by atoms with Crippen LogP contribution in [-0.2, 0) is 0 Å². The van der Waals surface area contributed by atoms with Gasteiger partial charge in [-0.3, -0.25) is 0 Å². The maximum absolute atomic E-state index is 6.04. The van der Waals surface area contributed by atoms with Crippen molar-refractivity contribution in [2.45, 2.75) is 18.9 Å². The second-order valence-corrected chi connectivity index (χ2v) is 4.85. The second-order valence-electron chi connectivity index (χ2n) is 3.99. The molecule has 0 amide bonds. The third-order valence-electron chi connectivity index (χ3n) is 2.81. The number of rotatable bonds is 2.